The highest BCUT2D eigenvalue weighted by atomic mass is 32.2. The van der Waals surface area contributed by atoms with E-state index in [1.165, 1.54) is 11.8 Å². The molecule has 3 aromatic rings. The molecule has 0 aliphatic carbocycles. The van der Waals surface area contributed by atoms with Gasteiger partial charge in [0.05, 0.1) is 12.4 Å². The van der Waals surface area contributed by atoms with Crippen molar-refractivity contribution in [2.45, 2.75) is 16.7 Å². The van der Waals surface area contributed by atoms with Gasteiger partial charge >= 0.3 is 0 Å². The van der Waals surface area contributed by atoms with E-state index in [4.69, 9.17) is 4.74 Å². The van der Waals surface area contributed by atoms with E-state index in [0.717, 1.165) is 15.9 Å². The van der Waals surface area contributed by atoms with E-state index in [1.807, 2.05) is 60.7 Å². The lowest BCUT2D eigenvalue weighted by molar-refractivity contribution is -0.932. The molecule has 1 N–H and O–H groups in total. The minimum absolute atomic E-state index is 0.0505. The van der Waals surface area contributed by atoms with Crippen molar-refractivity contribution in [2.24, 2.45) is 0 Å². The van der Waals surface area contributed by atoms with Crippen LogP contribution in [0.3, 0.4) is 0 Å². The van der Waals surface area contributed by atoms with Gasteiger partial charge in [0, 0.05) is 28.8 Å². The van der Waals surface area contributed by atoms with Crippen molar-refractivity contribution in [1.29, 1.82) is 0 Å². The van der Waals surface area contributed by atoms with E-state index in [1.54, 1.807) is 25.4 Å². The average Bonchev–Trinajstić information content (AvgIpc) is 2.68. The monoisotopic (exact) mass is 366 g/mol. The quantitative estimate of drug-likeness (QED) is 0.392. The maximum Gasteiger partial charge on any atom is 0.292 e. The summed E-state index contributed by atoms with van der Waals surface area (Å²) in [6, 6.07) is 22.5. The lowest BCUT2D eigenvalue weighted by Crippen LogP contribution is -2.32. The summed E-state index contributed by atoms with van der Waals surface area (Å²) in [7, 11) is 1.60. The van der Waals surface area contributed by atoms with Gasteiger partial charge in [-0.3, -0.25) is 10.0 Å². The predicted octanol–water partition coefficient (Wildman–Crippen LogP) is 3.87. The van der Waals surface area contributed by atoms with Crippen molar-refractivity contribution in [1.82, 2.24) is 0 Å². The van der Waals surface area contributed by atoms with Crippen LogP contribution in [0.2, 0.25) is 0 Å². The van der Waals surface area contributed by atoms with Crippen molar-refractivity contribution >= 4 is 17.5 Å². The van der Waals surface area contributed by atoms with Gasteiger partial charge < -0.3 is 4.74 Å². The minimum Gasteiger partial charge on any atom is -0.496 e. The highest BCUT2D eigenvalue weighted by Crippen LogP contribution is 2.35. The Morgan fingerprint density at radius 2 is 1.73 bits per heavy atom. The number of methoxy groups -OCH3 is 1. The molecule has 132 valence electrons. The van der Waals surface area contributed by atoms with Gasteiger partial charge in [-0.15, -0.1) is 0 Å². The Balaban J connectivity index is 1.90. The van der Waals surface area contributed by atoms with Gasteiger partial charge in [0.1, 0.15) is 5.75 Å². The van der Waals surface area contributed by atoms with Gasteiger partial charge in [-0.2, -0.15) is 0 Å². The number of hydrogen-bond acceptors (Lipinski definition) is 4. The number of carbonyl (C=O) groups excluding carboxylic acids is 1. The fraction of sp³-hybridized carbons (Fsp3) is 0.143. The molecule has 0 saturated heterocycles. The van der Waals surface area contributed by atoms with Crippen LogP contribution in [0, 0.1) is 0 Å². The number of nitrogens with zero attached hydrogens (tertiary/aromatic N) is 1. The van der Waals surface area contributed by atoms with Crippen LogP contribution in [-0.2, 0) is 11.2 Å². The summed E-state index contributed by atoms with van der Waals surface area (Å²) in [4.78, 5) is 13.1. The number of para-hydroxylation sites is 1. The van der Waals surface area contributed by atoms with Gasteiger partial charge in [-0.1, -0.05) is 48.5 Å². The molecule has 0 aliphatic heterocycles. The summed E-state index contributed by atoms with van der Waals surface area (Å²) in [6.07, 6.45) is 1.81. The van der Waals surface area contributed by atoms with Crippen molar-refractivity contribution < 1.29 is 19.5 Å². The third-order valence-corrected chi connectivity index (χ3v) is 5.33. The smallest absolute Gasteiger partial charge is 0.292 e. The number of ether oxygens (including phenoxy) is 1. The molecule has 0 saturated carbocycles. The number of carbonyl (C=O) groups is 1. The van der Waals surface area contributed by atoms with Crippen molar-refractivity contribution in [2.75, 3.05) is 7.11 Å². The topological polar surface area (TPSA) is 50.4 Å². The molecule has 26 heavy (non-hydrogen) atoms. The molecule has 3 rings (SSSR count). The Labute approximate surface area is 157 Å². The summed E-state index contributed by atoms with van der Waals surface area (Å²) in [5, 5.41) is 10.2. The van der Waals surface area contributed by atoms with Crippen LogP contribution in [0.1, 0.15) is 16.4 Å². The molecule has 2 aromatic carbocycles. The second-order valence-corrected chi connectivity index (χ2v) is 6.87. The number of aromatic nitrogens is 1. The Morgan fingerprint density at radius 1 is 1.04 bits per heavy atom. The second-order valence-electron chi connectivity index (χ2n) is 5.75. The van der Waals surface area contributed by atoms with Crippen LogP contribution in [0.25, 0.3) is 0 Å². The average molecular weight is 366 g/mol. The summed E-state index contributed by atoms with van der Waals surface area (Å²) in [5.74, 6) is 0.754. The zero-order chi connectivity index (χ0) is 18.4. The van der Waals surface area contributed by atoms with Crippen LogP contribution >= 0.6 is 11.8 Å². The Bertz CT molecular complexity index is 883. The number of rotatable bonds is 7. The Hall–Kier alpha value is -2.79. The van der Waals surface area contributed by atoms with Crippen LogP contribution in [0.4, 0.5) is 0 Å². The molecule has 0 spiro atoms. The molecule has 1 heterocycles. The van der Waals surface area contributed by atoms with E-state index in [9.17, 15) is 10.0 Å². The van der Waals surface area contributed by atoms with Gasteiger partial charge in [0.2, 0.25) is 6.20 Å². The van der Waals surface area contributed by atoms with E-state index in [-0.39, 0.29) is 12.2 Å². The number of benzene rings is 2. The van der Waals surface area contributed by atoms with Gasteiger partial charge in [-0.25, -0.2) is 0 Å². The molecule has 0 radical (unpaired) electrons. The van der Waals surface area contributed by atoms with Crippen LogP contribution in [0.5, 0.6) is 5.75 Å². The van der Waals surface area contributed by atoms with E-state index in [2.05, 4.69) is 0 Å². The number of ketones is 1. The number of Topliss-reactive ketones (excluding diaryl/α,β-unsaturated/α-hetero) is 1. The largest absolute Gasteiger partial charge is 0.496 e. The number of thioether (sulfide) groups is 1. The molecule has 4 nitrogen and oxygen atoms in total. The van der Waals surface area contributed by atoms with Crippen LogP contribution < -0.4 is 9.47 Å². The fourth-order valence-corrected chi connectivity index (χ4v) is 3.79. The summed E-state index contributed by atoms with van der Waals surface area (Å²) in [6.45, 7) is 0. The molecular formula is C21H20NO3S+. The minimum atomic E-state index is -0.429. The van der Waals surface area contributed by atoms with E-state index < -0.39 is 5.25 Å². The first-order chi connectivity index (χ1) is 12.7. The van der Waals surface area contributed by atoms with Crippen LogP contribution in [0.15, 0.2) is 84.0 Å². The van der Waals surface area contributed by atoms with Crippen molar-refractivity contribution in [3.63, 3.8) is 0 Å². The van der Waals surface area contributed by atoms with Crippen molar-refractivity contribution in [3.05, 3.63) is 90.1 Å². The highest BCUT2D eigenvalue weighted by Gasteiger charge is 2.27. The normalized spacial score (nSPS) is 11.7. The van der Waals surface area contributed by atoms with Gasteiger partial charge in [-0.05, 0) is 29.5 Å². The summed E-state index contributed by atoms with van der Waals surface area (Å²) >= 11 is 1.33. The van der Waals surface area contributed by atoms with E-state index >= 15 is 0 Å². The Kier molecular flexibility index (Phi) is 5.92. The first-order valence-electron chi connectivity index (χ1n) is 8.25. The second kappa shape index (κ2) is 8.54. The molecular weight excluding hydrogens is 346 g/mol. The molecule has 0 bridgehead atoms. The van der Waals surface area contributed by atoms with Crippen molar-refractivity contribution in [3.8, 4) is 5.75 Å². The van der Waals surface area contributed by atoms with E-state index in [0.29, 0.717) is 10.8 Å². The van der Waals surface area contributed by atoms with Gasteiger partial charge in [0.15, 0.2) is 5.78 Å². The van der Waals surface area contributed by atoms with Crippen LogP contribution in [-0.4, -0.2) is 18.1 Å². The number of hydrogen-bond donors (Lipinski definition) is 1. The molecule has 5 heteroatoms. The fourth-order valence-electron chi connectivity index (χ4n) is 2.71. The third-order valence-electron chi connectivity index (χ3n) is 3.99. The summed E-state index contributed by atoms with van der Waals surface area (Å²) in [5.41, 5.74) is 1.76. The molecule has 0 aliphatic rings. The number of pyridine rings is 1. The van der Waals surface area contributed by atoms with Gasteiger partial charge in [0.25, 0.3) is 5.03 Å². The maximum atomic E-state index is 13.1. The zero-order valence-corrected chi connectivity index (χ0v) is 15.2. The lowest BCUT2D eigenvalue weighted by Gasteiger charge is -2.15. The molecule has 0 fully saturated rings. The standard InChI is InChI=1S/C21H20NO3S/c1-25-19-12-6-5-11-17(19)15-18(23)21(16-9-3-2-4-10-16)26-20-13-7-8-14-22(20)24/h2-14,21,24H,15H2,1H3/q+1. The highest BCUT2D eigenvalue weighted by molar-refractivity contribution is 8.00. The first kappa shape index (κ1) is 18.0. The molecule has 1 unspecified atom stereocenters. The summed E-state index contributed by atoms with van der Waals surface area (Å²) < 4.78 is 6.40. The molecule has 1 atom stereocenters. The SMILES string of the molecule is COc1ccccc1CC(=O)C(Sc1cccc[n+]1O)c1ccccc1. The third kappa shape index (κ3) is 4.24. The maximum absolute atomic E-state index is 13.1. The first-order valence-corrected chi connectivity index (χ1v) is 9.13. The predicted molar refractivity (Wildman–Crippen MR) is 101 cm³/mol. The Morgan fingerprint density at radius 3 is 2.46 bits per heavy atom. The molecule has 1 aromatic heterocycles. The lowest BCUT2D eigenvalue weighted by atomic mass is 10.0. The molecule has 0 amide bonds. The zero-order valence-electron chi connectivity index (χ0n) is 14.4.